The molecular formula is C14H21N3O2. The molecule has 0 amide bonds. The fourth-order valence-corrected chi connectivity index (χ4v) is 2.78. The SMILES string of the molecule is CC1CN(C(C)c2ccccc2[N+](=O)[O-])C(C)CN1. The van der Waals surface area contributed by atoms with Crippen molar-refractivity contribution in [2.24, 2.45) is 0 Å². The number of hydrogen-bond acceptors (Lipinski definition) is 4. The van der Waals surface area contributed by atoms with Gasteiger partial charge in [0.1, 0.15) is 0 Å². The Morgan fingerprint density at radius 1 is 1.42 bits per heavy atom. The van der Waals surface area contributed by atoms with E-state index in [1.807, 2.05) is 12.1 Å². The van der Waals surface area contributed by atoms with Crippen molar-refractivity contribution >= 4 is 5.69 Å². The highest BCUT2D eigenvalue weighted by atomic mass is 16.6. The molecular weight excluding hydrogens is 242 g/mol. The van der Waals surface area contributed by atoms with Crippen molar-refractivity contribution in [2.45, 2.75) is 38.9 Å². The molecule has 1 aliphatic rings. The molecule has 0 bridgehead atoms. The first kappa shape index (κ1) is 14.0. The van der Waals surface area contributed by atoms with E-state index in [9.17, 15) is 10.1 Å². The second-order valence-electron chi connectivity index (χ2n) is 5.35. The third-order valence-electron chi connectivity index (χ3n) is 3.89. The van der Waals surface area contributed by atoms with Gasteiger partial charge in [0.05, 0.1) is 4.92 Å². The van der Waals surface area contributed by atoms with Crippen molar-refractivity contribution in [1.29, 1.82) is 0 Å². The number of nitrogens with zero attached hydrogens (tertiary/aromatic N) is 2. The number of rotatable bonds is 3. The summed E-state index contributed by atoms with van der Waals surface area (Å²) < 4.78 is 0. The van der Waals surface area contributed by atoms with Gasteiger partial charge in [-0.1, -0.05) is 18.2 Å². The van der Waals surface area contributed by atoms with E-state index in [4.69, 9.17) is 0 Å². The third-order valence-corrected chi connectivity index (χ3v) is 3.89. The highest BCUT2D eigenvalue weighted by Crippen LogP contribution is 2.30. The molecule has 0 saturated carbocycles. The lowest BCUT2D eigenvalue weighted by Crippen LogP contribution is -2.54. The first-order valence-electron chi connectivity index (χ1n) is 6.73. The van der Waals surface area contributed by atoms with Gasteiger partial charge in [0.15, 0.2) is 0 Å². The third kappa shape index (κ3) is 2.93. The lowest BCUT2D eigenvalue weighted by molar-refractivity contribution is -0.386. The van der Waals surface area contributed by atoms with Gasteiger partial charge in [0, 0.05) is 42.8 Å². The van der Waals surface area contributed by atoms with Crippen molar-refractivity contribution < 1.29 is 4.92 Å². The molecule has 0 spiro atoms. The molecule has 0 aromatic heterocycles. The Morgan fingerprint density at radius 3 is 2.79 bits per heavy atom. The van der Waals surface area contributed by atoms with E-state index < -0.39 is 0 Å². The summed E-state index contributed by atoms with van der Waals surface area (Å²) in [5, 5.41) is 14.6. The Kier molecular flexibility index (Phi) is 4.17. The first-order valence-corrected chi connectivity index (χ1v) is 6.73. The quantitative estimate of drug-likeness (QED) is 0.671. The molecule has 1 aromatic carbocycles. The number of hydrogen-bond donors (Lipinski definition) is 1. The molecule has 3 atom stereocenters. The van der Waals surface area contributed by atoms with E-state index in [-0.39, 0.29) is 16.7 Å². The van der Waals surface area contributed by atoms with Gasteiger partial charge in [-0.2, -0.15) is 0 Å². The molecule has 104 valence electrons. The number of nitro groups is 1. The summed E-state index contributed by atoms with van der Waals surface area (Å²) in [5.74, 6) is 0. The van der Waals surface area contributed by atoms with Crippen molar-refractivity contribution in [3.8, 4) is 0 Å². The van der Waals surface area contributed by atoms with Gasteiger partial charge in [-0.15, -0.1) is 0 Å². The lowest BCUT2D eigenvalue weighted by Gasteiger charge is -2.41. The van der Waals surface area contributed by atoms with Crippen LogP contribution >= 0.6 is 0 Å². The molecule has 1 fully saturated rings. The second-order valence-corrected chi connectivity index (χ2v) is 5.35. The Hall–Kier alpha value is -1.46. The van der Waals surface area contributed by atoms with Crippen molar-refractivity contribution in [3.63, 3.8) is 0 Å². The summed E-state index contributed by atoms with van der Waals surface area (Å²) in [6, 6.07) is 7.89. The second kappa shape index (κ2) is 5.67. The van der Waals surface area contributed by atoms with Gasteiger partial charge in [-0.3, -0.25) is 15.0 Å². The molecule has 5 heteroatoms. The van der Waals surface area contributed by atoms with E-state index in [1.165, 1.54) is 0 Å². The highest BCUT2D eigenvalue weighted by Gasteiger charge is 2.30. The maximum absolute atomic E-state index is 11.1. The van der Waals surface area contributed by atoms with E-state index >= 15 is 0 Å². The molecule has 2 rings (SSSR count). The Morgan fingerprint density at radius 2 is 2.11 bits per heavy atom. The number of para-hydroxylation sites is 1. The van der Waals surface area contributed by atoms with Gasteiger partial charge in [0.2, 0.25) is 0 Å². The normalized spacial score (nSPS) is 26.1. The van der Waals surface area contributed by atoms with Crippen LogP contribution in [0.5, 0.6) is 0 Å². The summed E-state index contributed by atoms with van der Waals surface area (Å²) in [4.78, 5) is 13.2. The Balaban J connectivity index is 2.28. The zero-order valence-corrected chi connectivity index (χ0v) is 11.7. The van der Waals surface area contributed by atoms with Gasteiger partial charge < -0.3 is 5.32 Å². The van der Waals surface area contributed by atoms with Crippen LogP contribution in [0.1, 0.15) is 32.4 Å². The highest BCUT2D eigenvalue weighted by molar-refractivity contribution is 5.41. The molecule has 3 unspecified atom stereocenters. The minimum Gasteiger partial charge on any atom is -0.311 e. The topological polar surface area (TPSA) is 58.4 Å². The van der Waals surface area contributed by atoms with Crippen molar-refractivity contribution in [1.82, 2.24) is 10.2 Å². The number of nitrogens with one attached hydrogen (secondary N) is 1. The van der Waals surface area contributed by atoms with E-state index in [1.54, 1.807) is 12.1 Å². The predicted octanol–water partition coefficient (Wildman–Crippen LogP) is 2.34. The summed E-state index contributed by atoms with van der Waals surface area (Å²) in [6.07, 6.45) is 0. The smallest absolute Gasteiger partial charge is 0.274 e. The largest absolute Gasteiger partial charge is 0.311 e. The van der Waals surface area contributed by atoms with E-state index in [0.717, 1.165) is 18.7 Å². The fourth-order valence-electron chi connectivity index (χ4n) is 2.78. The minimum absolute atomic E-state index is 0.0566. The Labute approximate surface area is 113 Å². The number of nitro benzene ring substituents is 1. The minimum atomic E-state index is -0.290. The molecule has 1 aromatic rings. The maximum atomic E-state index is 11.1. The van der Waals surface area contributed by atoms with Crippen molar-refractivity contribution in [2.75, 3.05) is 13.1 Å². The molecule has 1 saturated heterocycles. The first-order chi connectivity index (χ1) is 9.00. The van der Waals surface area contributed by atoms with E-state index in [2.05, 4.69) is 31.0 Å². The Bertz CT molecular complexity index is 464. The average molecular weight is 263 g/mol. The van der Waals surface area contributed by atoms with Crippen LogP contribution in [0.2, 0.25) is 0 Å². The summed E-state index contributed by atoms with van der Waals surface area (Å²) in [6.45, 7) is 8.19. The maximum Gasteiger partial charge on any atom is 0.274 e. The predicted molar refractivity (Wildman–Crippen MR) is 75.1 cm³/mol. The van der Waals surface area contributed by atoms with Gasteiger partial charge in [0.25, 0.3) is 5.69 Å². The van der Waals surface area contributed by atoms with Gasteiger partial charge >= 0.3 is 0 Å². The molecule has 0 radical (unpaired) electrons. The summed E-state index contributed by atoms with van der Waals surface area (Å²) in [5.41, 5.74) is 1.02. The molecule has 5 nitrogen and oxygen atoms in total. The van der Waals surface area contributed by atoms with Gasteiger partial charge in [-0.25, -0.2) is 0 Å². The molecule has 1 heterocycles. The molecule has 19 heavy (non-hydrogen) atoms. The summed E-state index contributed by atoms with van der Waals surface area (Å²) in [7, 11) is 0. The van der Waals surface area contributed by atoms with Gasteiger partial charge in [-0.05, 0) is 20.8 Å². The lowest BCUT2D eigenvalue weighted by atomic mass is 10.0. The van der Waals surface area contributed by atoms with Crippen LogP contribution in [0.25, 0.3) is 0 Å². The van der Waals surface area contributed by atoms with Crippen LogP contribution in [-0.4, -0.2) is 35.0 Å². The molecule has 1 N–H and O–H groups in total. The van der Waals surface area contributed by atoms with Crippen molar-refractivity contribution in [3.05, 3.63) is 39.9 Å². The monoisotopic (exact) mass is 263 g/mol. The zero-order valence-electron chi connectivity index (χ0n) is 11.7. The van der Waals surface area contributed by atoms with Crippen LogP contribution in [0.15, 0.2) is 24.3 Å². The van der Waals surface area contributed by atoms with Crippen LogP contribution in [-0.2, 0) is 0 Å². The van der Waals surface area contributed by atoms with Crippen LogP contribution < -0.4 is 5.32 Å². The molecule has 0 aliphatic carbocycles. The average Bonchev–Trinajstić information content (AvgIpc) is 2.40. The van der Waals surface area contributed by atoms with Crippen LogP contribution in [0.4, 0.5) is 5.69 Å². The fraction of sp³-hybridized carbons (Fsp3) is 0.571. The number of benzene rings is 1. The summed E-state index contributed by atoms with van der Waals surface area (Å²) >= 11 is 0. The van der Waals surface area contributed by atoms with Crippen LogP contribution in [0.3, 0.4) is 0 Å². The zero-order chi connectivity index (χ0) is 14.0. The van der Waals surface area contributed by atoms with Crippen LogP contribution in [0, 0.1) is 10.1 Å². The molecule has 1 aliphatic heterocycles. The number of piperazine rings is 1. The van der Waals surface area contributed by atoms with E-state index in [0.29, 0.717) is 12.1 Å². The standard InChI is InChI=1S/C14H21N3O2/c1-10-9-16(11(2)8-15-10)12(3)13-6-4-5-7-14(13)17(18)19/h4-7,10-12,15H,8-9H2,1-3H3.